The van der Waals surface area contributed by atoms with E-state index in [0.717, 1.165) is 11.1 Å². The van der Waals surface area contributed by atoms with Crippen LogP contribution >= 0.6 is 0 Å². The first-order valence-corrected chi connectivity index (χ1v) is 7.85. The summed E-state index contributed by atoms with van der Waals surface area (Å²) in [6.07, 6.45) is 1.68. The summed E-state index contributed by atoms with van der Waals surface area (Å²) in [7, 11) is 0. The van der Waals surface area contributed by atoms with Gasteiger partial charge in [-0.1, -0.05) is 42.5 Å². The van der Waals surface area contributed by atoms with Crippen molar-refractivity contribution >= 4 is 5.91 Å². The molecule has 23 heavy (non-hydrogen) atoms. The van der Waals surface area contributed by atoms with Gasteiger partial charge in [-0.15, -0.1) is 0 Å². The van der Waals surface area contributed by atoms with Crippen molar-refractivity contribution in [1.82, 2.24) is 5.32 Å². The zero-order valence-corrected chi connectivity index (χ0v) is 12.9. The molecule has 2 N–H and O–H groups in total. The van der Waals surface area contributed by atoms with Crippen LogP contribution in [0.3, 0.4) is 0 Å². The Morgan fingerprint density at radius 1 is 1.09 bits per heavy atom. The van der Waals surface area contributed by atoms with E-state index >= 15 is 0 Å². The van der Waals surface area contributed by atoms with E-state index in [1.807, 2.05) is 24.3 Å². The molecule has 0 saturated heterocycles. The molecule has 0 fully saturated rings. The second-order valence-electron chi connectivity index (χ2n) is 6.21. The number of fused-ring (bicyclic) bond motifs is 1. The second kappa shape index (κ2) is 6.50. The van der Waals surface area contributed by atoms with Gasteiger partial charge in [0.2, 0.25) is 5.91 Å². The summed E-state index contributed by atoms with van der Waals surface area (Å²) in [5.41, 5.74) is 1.89. The number of aryl methyl sites for hydroxylation is 1. The van der Waals surface area contributed by atoms with E-state index in [0.29, 0.717) is 24.8 Å². The monoisotopic (exact) mass is 313 g/mol. The number of rotatable bonds is 5. The summed E-state index contributed by atoms with van der Waals surface area (Å²) in [6, 6.07) is 14.4. The van der Waals surface area contributed by atoms with E-state index in [2.05, 4.69) is 5.32 Å². The van der Waals surface area contributed by atoms with Crippen molar-refractivity contribution in [3.05, 3.63) is 71.0 Å². The van der Waals surface area contributed by atoms with Gasteiger partial charge in [0.15, 0.2) is 0 Å². The number of hydrogen-bond acceptors (Lipinski definition) is 2. The topological polar surface area (TPSA) is 49.3 Å². The minimum Gasteiger partial charge on any atom is -0.387 e. The van der Waals surface area contributed by atoms with Crippen LogP contribution in [0, 0.1) is 5.82 Å². The van der Waals surface area contributed by atoms with Crippen LogP contribution in [0.25, 0.3) is 0 Å². The quantitative estimate of drug-likeness (QED) is 0.890. The van der Waals surface area contributed by atoms with Crippen molar-refractivity contribution in [3.8, 4) is 0 Å². The molecule has 0 saturated carbocycles. The van der Waals surface area contributed by atoms with Crippen molar-refractivity contribution in [1.29, 1.82) is 0 Å². The lowest BCUT2D eigenvalue weighted by Gasteiger charge is -2.22. The van der Waals surface area contributed by atoms with E-state index in [1.165, 1.54) is 6.07 Å². The molecular formula is C19H20FNO2. The van der Waals surface area contributed by atoms with Gasteiger partial charge in [-0.3, -0.25) is 4.79 Å². The molecule has 1 aliphatic carbocycles. The van der Waals surface area contributed by atoms with Crippen LogP contribution in [0.4, 0.5) is 4.39 Å². The first-order chi connectivity index (χ1) is 11.1. The zero-order chi connectivity index (χ0) is 16.3. The third-order valence-corrected chi connectivity index (χ3v) is 4.35. The summed E-state index contributed by atoms with van der Waals surface area (Å²) in [5.74, 6) is -0.456. The fourth-order valence-corrected chi connectivity index (χ4v) is 3.10. The highest BCUT2D eigenvalue weighted by molar-refractivity contribution is 5.76. The number of carbonyl (C=O) groups excluding carboxylic acids is 1. The lowest BCUT2D eigenvalue weighted by atomic mass is 10.0. The third-order valence-electron chi connectivity index (χ3n) is 4.35. The van der Waals surface area contributed by atoms with Gasteiger partial charge in [-0.2, -0.15) is 0 Å². The van der Waals surface area contributed by atoms with Crippen LogP contribution in [0.2, 0.25) is 0 Å². The predicted octanol–water partition coefficient (Wildman–Crippen LogP) is 2.40. The van der Waals surface area contributed by atoms with Crippen molar-refractivity contribution in [3.63, 3.8) is 0 Å². The molecule has 0 heterocycles. The number of nitrogens with one attached hydrogen (secondary N) is 1. The molecule has 1 amide bonds. The fourth-order valence-electron chi connectivity index (χ4n) is 3.10. The molecular weight excluding hydrogens is 293 g/mol. The molecule has 0 spiro atoms. The largest absolute Gasteiger partial charge is 0.387 e. The minimum atomic E-state index is -0.919. The molecule has 2 aromatic carbocycles. The number of halogens is 1. The maximum atomic E-state index is 13.5. The highest BCUT2D eigenvalue weighted by Crippen LogP contribution is 2.29. The van der Waals surface area contributed by atoms with Crippen molar-refractivity contribution in [2.75, 3.05) is 6.54 Å². The van der Waals surface area contributed by atoms with Crippen LogP contribution in [0.1, 0.15) is 23.1 Å². The summed E-state index contributed by atoms with van der Waals surface area (Å²) >= 11 is 0. The fraction of sp³-hybridized carbons (Fsp3) is 0.316. The predicted molar refractivity (Wildman–Crippen MR) is 86.5 cm³/mol. The number of benzene rings is 2. The third kappa shape index (κ3) is 3.77. The Morgan fingerprint density at radius 2 is 1.70 bits per heavy atom. The second-order valence-corrected chi connectivity index (χ2v) is 6.21. The van der Waals surface area contributed by atoms with E-state index in [1.54, 1.807) is 18.2 Å². The molecule has 0 aliphatic heterocycles. The first kappa shape index (κ1) is 15.7. The molecule has 0 unspecified atom stereocenters. The Balaban J connectivity index is 1.49. The Kier molecular flexibility index (Phi) is 4.44. The standard InChI is InChI=1S/C19H20FNO2/c20-17-8-4-3-5-14(17)9-10-18(22)21-13-19(23)11-15-6-1-2-7-16(15)12-19/h1-8,23H,9-13H2,(H,21,22). The summed E-state index contributed by atoms with van der Waals surface area (Å²) < 4.78 is 13.5. The number of aliphatic hydroxyl groups is 1. The van der Waals surface area contributed by atoms with Gasteiger partial charge in [0.25, 0.3) is 0 Å². The molecule has 0 radical (unpaired) electrons. The molecule has 3 rings (SSSR count). The summed E-state index contributed by atoms with van der Waals surface area (Å²) in [5, 5.41) is 13.4. The van der Waals surface area contributed by atoms with Gasteiger partial charge in [0.05, 0.1) is 5.60 Å². The Hall–Kier alpha value is -2.20. The van der Waals surface area contributed by atoms with Gasteiger partial charge in [0, 0.05) is 25.8 Å². The van der Waals surface area contributed by atoms with Crippen molar-refractivity contribution < 1.29 is 14.3 Å². The van der Waals surface area contributed by atoms with Crippen LogP contribution in [0.5, 0.6) is 0 Å². The molecule has 2 aromatic rings. The SMILES string of the molecule is O=C(CCc1ccccc1F)NCC1(O)Cc2ccccc2C1. The van der Waals surface area contributed by atoms with Gasteiger partial charge in [0.1, 0.15) is 5.82 Å². The number of hydrogen-bond donors (Lipinski definition) is 2. The maximum absolute atomic E-state index is 13.5. The average molecular weight is 313 g/mol. The molecule has 1 aliphatic rings. The summed E-state index contributed by atoms with van der Waals surface area (Å²) in [6.45, 7) is 0.220. The Morgan fingerprint density at radius 3 is 2.35 bits per heavy atom. The van der Waals surface area contributed by atoms with E-state index in [9.17, 15) is 14.3 Å². The average Bonchev–Trinajstić information content (AvgIpc) is 2.89. The molecule has 0 bridgehead atoms. The lowest BCUT2D eigenvalue weighted by Crippen LogP contribution is -2.43. The van der Waals surface area contributed by atoms with Crippen LogP contribution < -0.4 is 5.32 Å². The molecule has 120 valence electrons. The first-order valence-electron chi connectivity index (χ1n) is 7.85. The van der Waals surface area contributed by atoms with Gasteiger partial charge >= 0.3 is 0 Å². The number of carbonyl (C=O) groups is 1. The van der Waals surface area contributed by atoms with Crippen LogP contribution in [-0.4, -0.2) is 23.2 Å². The Labute approximate surface area is 135 Å². The smallest absolute Gasteiger partial charge is 0.220 e. The summed E-state index contributed by atoms with van der Waals surface area (Å²) in [4.78, 5) is 12.0. The van der Waals surface area contributed by atoms with Crippen molar-refractivity contribution in [2.45, 2.75) is 31.3 Å². The highest BCUT2D eigenvalue weighted by atomic mass is 19.1. The minimum absolute atomic E-state index is 0.169. The van der Waals surface area contributed by atoms with E-state index < -0.39 is 5.60 Å². The lowest BCUT2D eigenvalue weighted by molar-refractivity contribution is -0.122. The molecule has 0 aromatic heterocycles. The van der Waals surface area contributed by atoms with Gasteiger partial charge in [-0.05, 0) is 29.2 Å². The number of amides is 1. The van der Waals surface area contributed by atoms with E-state index in [-0.39, 0.29) is 24.7 Å². The zero-order valence-electron chi connectivity index (χ0n) is 12.9. The highest BCUT2D eigenvalue weighted by Gasteiger charge is 2.35. The van der Waals surface area contributed by atoms with Crippen molar-refractivity contribution in [2.24, 2.45) is 0 Å². The van der Waals surface area contributed by atoms with E-state index in [4.69, 9.17) is 0 Å². The molecule has 4 heteroatoms. The molecule has 3 nitrogen and oxygen atoms in total. The van der Waals surface area contributed by atoms with Crippen LogP contribution in [-0.2, 0) is 24.1 Å². The van der Waals surface area contributed by atoms with Crippen LogP contribution in [0.15, 0.2) is 48.5 Å². The van der Waals surface area contributed by atoms with Gasteiger partial charge < -0.3 is 10.4 Å². The Bertz CT molecular complexity index is 689. The normalized spacial score (nSPS) is 15.2. The van der Waals surface area contributed by atoms with Gasteiger partial charge in [-0.25, -0.2) is 4.39 Å². The maximum Gasteiger partial charge on any atom is 0.220 e. The molecule has 0 atom stereocenters.